The van der Waals surface area contributed by atoms with Crippen LogP contribution in [0.4, 0.5) is 0 Å². The lowest BCUT2D eigenvalue weighted by atomic mass is 10.1. The number of rotatable bonds is 5. The van der Waals surface area contributed by atoms with E-state index in [9.17, 15) is 4.79 Å². The third-order valence-corrected chi connectivity index (χ3v) is 3.51. The second-order valence-corrected chi connectivity index (χ2v) is 5.16. The summed E-state index contributed by atoms with van der Waals surface area (Å²) in [5.41, 5.74) is 3.26. The molecule has 2 aromatic carbocycles. The van der Waals surface area contributed by atoms with Crippen molar-refractivity contribution in [3.63, 3.8) is 0 Å². The largest absolute Gasteiger partial charge is 0.350 e. The minimum atomic E-state index is -0.201. The molecule has 1 amide bonds. The zero-order valence-corrected chi connectivity index (χ0v) is 12.6. The number of nitrogens with one attached hydrogen (secondary N) is 1. The highest BCUT2D eigenvalue weighted by Crippen LogP contribution is 2.14. The number of amides is 1. The summed E-state index contributed by atoms with van der Waals surface area (Å²) in [6.07, 6.45) is 0.794. The molecule has 4 heteroatoms. The Balaban J connectivity index is 1.58. The Bertz CT molecular complexity index is 756. The molecule has 0 spiro atoms. The molecule has 0 atom stereocenters. The Morgan fingerprint density at radius 3 is 2.17 bits per heavy atom. The molecule has 1 heterocycles. The van der Waals surface area contributed by atoms with Crippen molar-refractivity contribution in [2.45, 2.75) is 6.42 Å². The van der Waals surface area contributed by atoms with Crippen LogP contribution in [-0.2, 0) is 6.42 Å². The summed E-state index contributed by atoms with van der Waals surface area (Å²) >= 11 is 0. The van der Waals surface area contributed by atoms with Crippen LogP contribution in [0.25, 0.3) is 11.3 Å². The molecule has 4 nitrogen and oxygen atoms in total. The Kier molecular flexibility index (Phi) is 4.74. The first-order chi connectivity index (χ1) is 11.3. The van der Waals surface area contributed by atoms with Gasteiger partial charge in [-0.15, -0.1) is 10.2 Å². The highest BCUT2D eigenvalue weighted by atomic mass is 16.1. The molecular formula is C19H17N3O. The zero-order valence-electron chi connectivity index (χ0n) is 12.6. The van der Waals surface area contributed by atoms with Crippen molar-refractivity contribution < 1.29 is 4.79 Å². The quantitative estimate of drug-likeness (QED) is 0.788. The van der Waals surface area contributed by atoms with Crippen molar-refractivity contribution in [2.24, 2.45) is 0 Å². The lowest BCUT2D eigenvalue weighted by Gasteiger charge is -2.05. The van der Waals surface area contributed by atoms with Gasteiger partial charge in [0.25, 0.3) is 5.91 Å². The second-order valence-electron chi connectivity index (χ2n) is 5.16. The Morgan fingerprint density at radius 2 is 1.52 bits per heavy atom. The van der Waals surface area contributed by atoms with Gasteiger partial charge in [0.15, 0.2) is 5.69 Å². The van der Waals surface area contributed by atoms with E-state index in [1.165, 1.54) is 5.56 Å². The topological polar surface area (TPSA) is 54.9 Å². The molecule has 23 heavy (non-hydrogen) atoms. The molecule has 114 valence electrons. The van der Waals surface area contributed by atoms with Crippen molar-refractivity contribution in [3.05, 3.63) is 84.1 Å². The molecule has 1 aromatic heterocycles. The summed E-state index contributed by atoms with van der Waals surface area (Å²) in [7, 11) is 0. The van der Waals surface area contributed by atoms with Crippen molar-refractivity contribution >= 4 is 5.91 Å². The molecule has 0 bridgehead atoms. The van der Waals surface area contributed by atoms with Crippen LogP contribution in [0.1, 0.15) is 16.1 Å². The first-order valence-electron chi connectivity index (χ1n) is 7.54. The minimum Gasteiger partial charge on any atom is -0.350 e. The fourth-order valence-corrected chi connectivity index (χ4v) is 2.27. The molecule has 0 aliphatic carbocycles. The molecule has 0 aliphatic heterocycles. The predicted octanol–water partition coefficient (Wildman–Crippen LogP) is 3.12. The lowest BCUT2D eigenvalue weighted by molar-refractivity contribution is 0.0948. The standard InChI is InChI=1S/C19H17N3O/c23-19(20-14-13-15-7-3-1-4-8-15)18-12-11-17(21-22-18)16-9-5-2-6-10-16/h1-12H,13-14H2,(H,20,23). The van der Waals surface area contributed by atoms with E-state index in [1.54, 1.807) is 6.07 Å². The number of hydrogen-bond donors (Lipinski definition) is 1. The minimum absolute atomic E-state index is 0.201. The van der Waals surface area contributed by atoms with Crippen LogP contribution >= 0.6 is 0 Å². The zero-order chi connectivity index (χ0) is 15.9. The summed E-state index contributed by atoms with van der Waals surface area (Å²) < 4.78 is 0. The first-order valence-corrected chi connectivity index (χ1v) is 7.54. The van der Waals surface area contributed by atoms with Gasteiger partial charge in [-0.05, 0) is 24.1 Å². The van der Waals surface area contributed by atoms with Crippen LogP contribution < -0.4 is 5.32 Å². The van der Waals surface area contributed by atoms with Crippen molar-refractivity contribution in [3.8, 4) is 11.3 Å². The molecular weight excluding hydrogens is 286 g/mol. The molecule has 0 saturated carbocycles. The molecule has 0 saturated heterocycles. The van der Waals surface area contributed by atoms with Gasteiger partial charge in [-0.2, -0.15) is 0 Å². The van der Waals surface area contributed by atoms with Gasteiger partial charge in [0.1, 0.15) is 0 Å². The van der Waals surface area contributed by atoms with Crippen LogP contribution in [0.2, 0.25) is 0 Å². The molecule has 0 aliphatic rings. The number of hydrogen-bond acceptors (Lipinski definition) is 3. The van der Waals surface area contributed by atoms with E-state index >= 15 is 0 Å². The normalized spacial score (nSPS) is 10.3. The van der Waals surface area contributed by atoms with Crippen LogP contribution in [0.15, 0.2) is 72.8 Å². The van der Waals surface area contributed by atoms with Gasteiger partial charge in [-0.25, -0.2) is 0 Å². The van der Waals surface area contributed by atoms with Gasteiger partial charge in [0, 0.05) is 12.1 Å². The maximum Gasteiger partial charge on any atom is 0.271 e. The SMILES string of the molecule is O=C(NCCc1ccccc1)c1ccc(-c2ccccc2)nn1. The highest BCUT2D eigenvalue weighted by molar-refractivity contribution is 5.92. The summed E-state index contributed by atoms with van der Waals surface area (Å²) in [4.78, 5) is 12.1. The number of nitrogens with zero attached hydrogens (tertiary/aromatic N) is 2. The van der Waals surface area contributed by atoms with E-state index in [4.69, 9.17) is 0 Å². The van der Waals surface area contributed by atoms with E-state index in [-0.39, 0.29) is 5.91 Å². The maximum atomic E-state index is 12.1. The van der Waals surface area contributed by atoms with Crippen LogP contribution in [0.3, 0.4) is 0 Å². The molecule has 3 rings (SSSR count). The van der Waals surface area contributed by atoms with Gasteiger partial charge in [-0.3, -0.25) is 4.79 Å². The third-order valence-electron chi connectivity index (χ3n) is 3.51. The summed E-state index contributed by atoms with van der Waals surface area (Å²) in [6, 6.07) is 23.3. The summed E-state index contributed by atoms with van der Waals surface area (Å²) in [5.74, 6) is -0.201. The van der Waals surface area contributed by atoms with E-state index < -0.39 is 0 Å². The highest BCUT2D eigenvalue weighted by Gasteiger charge is 2.08. The number of carbonyl (C=O) groups is 1. The maximum absolute atomic E-state index is 12.1. The Hall–Kier alpha value is -3.01. The van der Waals surface area contributed by atoms with Gasteiger partial charge in [0.2, 0.25) is 0 Å². The van der Waals surface area contributed by atoms with Crippen molar-refractivity contribution in [2.75, 3.05) is 6.54 Å². The van der Waals surface area contributed by atoms with E-state index in [2.05, 4.69) is 15.5 Å². The fourth-order valence-electron chi connectivity index (χ4n) is 2.27. The third kappa shape index (κ3) is 4.01. The molecule has 0 unspecified atom stereocenters. The van der Waals surface area contributed by atoms with E-state index in [0.29, 0.717) is 12.2 Å². The summed E-state index contributed by atoms with van der Waals surface area (Å²) in [5, 5.41) is 11.0. The first kappa shape index (κ1) is 14.9. The number of carbonyl (C=O) groups excluding carboxylic acids is 1. The second kappa shape index (κ2) is 7.31. The molecule has 0 fully saturated rings. The lowest BCUT2D eigenvalue weighted by Crippen LogP contribution is -2.26. The average Bonchev–Trinajstić information content (AvgIpc) is 2.63. The van der Waals surface area contributed by atoms with E-state index in [1.807, 2.05) is 66.7 Å². The monoisotopic (exact) mass is 303 g/mol. The van der Waals surface area contributed by atoms with Crippen LogP contribution in [0, 0.1) is 0 Å². The van der Waals surface area contributed by atoms with E-state index in [0.717, 1.165) is 17.7 Å². The van der Waals surface area contributed by atoms with Crippen LogP contribution in [-0.4, -0.2) is 22.6 Å². The van der Waals surface area contributed by atoms with Gasteiger partial charge in [-0.1, -0.05) is 60.7 Å². The fraction of sp³-hybridized carbons (Fsp3) is 0.105. The predicted molar refractivity (Wildman–Crippen MR) is 89.9 cm³/mol. The molecule has 3 aromatic rings. The van der Waals surface area contributed by atoms with Crippen molar-refractivity contribution in [1.82, 2.24) is 15.5 Å². The average molecular weight is 303 g/mol. The van der Waals surface area contributed by atoms with Gasteiger partial charge >= 0.3 is 0 Å². The smallest absolute Gasteiger partial charge is 0.271 e. The van der Waals surface area contributed by atoms with Gasteiger partial charge in [0.05, 0.1) is 5.69 Å². The van der Waals surface area contributed by atoms with Gasteiger partial charge < -0.3 is 5.32 Å². The summed E-state index contributed by atoms with van der Waals surface area (Å²) in [6.45, 7) is 0.574. The van der Waals surface area contributed by atoms with Crippen LogP contribution in [0.5, 0.6) is 0 Å². The molecule has 1 N–H and O–H groups in total. The Labute approximate surface area is 135 Å². The Morgan fingerprint density at radius 1 is 0.826 bits per heavy atom. The number of aromatic nitrogens is 2. The van der Waals surface area contributed by atoms with Crippen molar-refractivity contribution in [1.29, 1.82) is 0 Å². The molecule has 0 radical (unpaired) electrons. The number of benzene rings is 2.